The Morgan fingerprint density at radius 2 is 1.89 bits per heavy atom. The molecule has 4 aromatic rings. The minimum absolute atomic E-state index is 0.0119. The molecule has 1 aliphatic carbocycles. The molecule has 4 heterocycles. The van der Waals surface area contributed by atoms with Gasteiger partial charge in [-0.05, 0) is 73.1 Å². The smallest absolute Gasteiger partial charge is 0.319 e. The zero-order valence-electron chi connectivity index (χ0n) is 25.5. The monoisotopic (exact) mass is 604 g/mol. The van der Waals surface area contributed by atoms with Crippen molar-refractivity contribution in [2.45, 2.75) is 64.4 Å². The van der Waals surface area contributed by atoms with Gasteiger partial charge in [-0.1, -0.05) is 19.9 Å². The number of hydrogen-bond acceptors (Lipinski definition) is 8. The summed E-state index contributed by atoms with van der Waals surface area (Å²) < 4.78 is 55.1. The molecule has 0 amide bonds. The average Bonchev–Trinajstić information content (AvgIpc) is 3.82. The largest absolute Gasteiger partial charge is 0.468 e. The fraction of sp³-hybridized carbons (Fsp3) is 0.500. The maximum absolute atomic E-state index is 16.9. The van der Waals surface area contributed by atoms with E-state index in [0.717, 1.165) is 51.7 Å². The normalized spacial score (nSPS) is 20.7. The van der Waals surface area contributed by atoms with E-state index in [1.807, 2.05) is 6.92 Å². The minimum Gasteiger partial charge on any atom is -0.468 e. The quantitative estimate of drug-likeness (QED) is 0.179. The van der Waals surface area contributed by atoms with Crippen molar-refractivity contribution < 1.29 is 27.7 Å². The van der Waals surface area contributed by atoms with Crippen LogP contribution >= 0.6 is 0 Å². The summed E-state index contributed by atoms with van der Waals surface area (Å²) in [4.78, 5) is 16.3. The second kappa shape index (κ2) is 11.4. The van der Waals surface area contributed by atoms with Crippen LogP contribution in [0.5, 0.6) is 11.8 Å². The molecule has 0 radical (unpaired) electrons. The van der Waals surface area contributed by atoms with Gasteiger partial charge in [0.25, 0.3) is 0 Å². The first-order chi connectivity index (χ1) is 21.4. The van der Waals surface area contributed by atoms with Crippen LogP contribution in [0.4, 0.5) is 14.6 Å². The maximum Gasteiger partial charge on any atom is 0.319 e. The summed E-state index contributed by atoms with van der Waals surface area (Å²) in [5.41, 5.74) is 1.04. The summed E-state index contributed by atoms with van der Waals surface area (Å²) in [6.07, 6.45) is 8.20. The van der Waals surface area contributed by atoms with Gasteiger partial charge in [0, 0.05) is 43.8 Å². The van der Waals surface area contributed by atoms with Crippen molar-refractivity contribution in [1.82, 2.24) is 15.0 Å². The molecule has 7 rings (SSSR count). The molecule has 3 aliphatic rings. The molecule has 3 fully saturated rings. The first-order valence-electron chi connectivity index (χ1n) is 15.6. The Bertz CT molecular complexity index is 1720. The summed E-state index contributed by atoms with van der Waals surface area (Å²) in [6.45, 7) is 6.73. The van der Waals surface area contributed by atoms with Gasteiger partial charge in [-0.15, -0.1) is 0 Å². The lowest BCUT2D eigenvalue weighted by Gasteiger charge is -2.48. The van der Waals surface area contributed by atoms with E-state index < -0.39 is 5.82 Å². The summed E-state index contributed by atoms with van der Waals surface area (Å²) in [6, 6.07) is 6.75. The number of ether oxygens (including phenoxy) is 4. The Labute approximate surface area is 255 Å². The number of nitrogens with zero attached hydrogens (tertiary/aromatic N) is 4. The van der Waals surface area contributed by atoms with Gasteiger partial charge in [0.05, 0.1) is 24.2 Å². The number of halogens is 2. The molecule has 0 bridgehead atoms. The van der Waals surface area contributed by atoms with E-state index in [1.54, 1.807) is 24.4 Å². The molecule has 10 heteroatoms. The van der Waals surface area contributed by atoms with Gasteiger partial charge in [-0.2, -0.15) is 9.97 Å². The van der Waals surface area contributed by atoms with Gasteiger partial charge >= 0.3 is 6.01 Å². The highest BCUT2D eigenvalue weighted by Crippen LogP contribution is 2.49. The number of pyridine rings is 1. The van der Waals surface area contributed by atoms with Crippen LogP contribution in [-0.4, -0.2) is 60.8 Å². The van der Waals surface area contributed by atoms with Crippen LogP contribution in [0.15, 0.2) is 30.5 Å². The zero-order valence-corrected chi connectivity index (χ0v) is 25.5. The third-order valence-corrected chi connectivity index (χ3v) is 9.76. The highest BCUT2D eigenvalue weighted by molar-refractivity contribution is 6.01. The van der Waals surface area contributed by atoms with Crippen molar-refractivity contribution in [3.63, 3.8) is 0 Å². The minimum atomic E-state index is -0.615. The molecule has 1 atom stereocenters. The first-order valence-corrected chi connectivity index (χ1v) is 15.6. The van der Waals surface area contributed by atoms with Gasteiger partial charge < -0.3 is 23.8 Å². The lowest BCUT2D eigenvalue weighted by molar-refractivity contribution is -0.151. The highest BCUT2D eigenvalue weighted by Gasteiger charge is 2.44. The molecule has 2 aromatic heterocycles. The molecule has 1 saturated carbocycles. The Kier molecular flexibility index (Phi) is 7.53. The summed E-state index contributed by atoms with van der Waals surface area (Å²) in [5.74, 6) is 0.0949. The molecule has 0 N–H and O–H groups in total. The van der Waals surface area contributed by atoms with Crippen molar-refractivity contribution in [1.29, 1.82) is 0 Å². The summed E-state index contributed by atoms with van der Waals surface area (Å²) in [5, 5.41) is 1.81. The molecule has 44 heavy (non-hydrogen) atoms. The summed E-state index contributed by atoms with van der Waals surface area (Å²) in [7, 11) is 1.53. The first kappa shape index (κ1) is 29.1. The number of aryl methyl sites for hydroxylation is 1. The molecule has 232 valence electrons. The lowest BCUT2D eigenvalue weighted by atomic mass is 9.86. The van der Waals surface area contributed by atoms with Crippen molar-refractivity contribution >= 4 is 27.5 Å². The number of aromatic nitrogens is 3. The second-order valence-electron chi connectivity index (χ2n) is 12.5. The number of piperidine rings is 1. The van der Waals surface area contributed by atoms with Crippen molar-refractivity contribution in [3.8, 4) is 23.0 Å². The Hall–Kier alpha value is -3.63. The van der Waals surface area contributed by atoms with Crippen LogP contribution in [0.2, 0.25) is 0 Å². The fourth-order valence-electron chi connectivity index (χ4n) is 6.73. The standard InChI is InChI=1S/C34H38F2N4O4/c1-4-23-26(35)8-7-21-15-22(43-20-41-3)16-24(27(21)23)29-28(36)30-25(17-37-29)31(40-13-6-9-34(18-40)12-14-44-34)39-32(38-30)42-19-33(5-2)10-11-33/h7-8,15-17H,4-6,9-14,18-20H2,1-3H3. The highest BCUT2D eigenvalue weighted by atomic mass is 19.1. The van der Waals surface area contributed by atoms with Gasteiger partial charge in [0.1, 0.15) is 28.6 Å². The second-order valence-corrected chi connectivity index (χ2v) is 12.5. The number of rotatable bonds is 10. The van der Waals surface area contributed by atoms with Crippen LogP contribution in [0.3, 0.4) is 0 Å². The van der Waals surface area contributed by atoms with Crippen molar-refractivity contribution in [2.24, 2.45) is 5.41 Å². The van der Waals surface area contributed by atoms with E-state index in [-0.39, 0.29) is 40.8 Å². The maximum atomic E-state index is 16.9. The predicted octanol–water partition coefficient (Wildman–Crippen LogP) is 7.00. The molecular formula is C34H38F2N4O4. The number of benzene rings is 2. The van der Waals surface area contributed by atoms with E-state index in [9.17, 15) is 0 Å². The molecular weight excluding hydrogens is 566 g/mol. The summed E-state index contributed by atoms with van der Waals surface area (Å²) >= 11 is 0. The number of methoxy groups -OCH3 is 1. The zero-order chi connectivity index (χ0) is 30.5. The number of fused-ring (bicyclic) bond motifs is 2. The molecule has 1 unspecified atom stereocenters. The van der Waals surface area contributed by atoms with Crippen LogP contribution in [0.25, 0.3) is 32.9 Å². The lowest BCUT2D eigenvalue weighted by Crippen LogP contribution is -2.56. The molecule has 2 aromatic carbocycles. The van der Waals surface area contributed by atoms with E-state index in [4.69, 9.17) is 23.9 Å². The predicted molar refractivity (Wildman–Crippen MR) is 164 cm³/mol. The van der Waals surface area contributed by atoms with Crippen LogP contribution in [0.1, 0.15) is 57.9 Å². The SMILES string of the molecule is CCc1c(F)ccc2cc(OCOC)cc(-c3ncc4c(N5CCCC6(CCO6)C5)nc(OCC5(CC)CC5)nc4c3F)c12. The van der Waals surface area contributed by atoms with Crippen molar-refractivity contribution in [3.05, 3.63) is 47.7 Å². The fourth-order valence-corrected chi connectivity index (χ4v) is 6.73. The van der Waals surface area contributed by atoms with Crippen LogP contribution in [0, 0.1) is 17.0 Å². The average molecular weight is 605 g/mol. The van der Waals surface area contributed by atoms with E-state index in [0.29, 0.717) is 58.4 Å². The Morgan fingerprint density at radius 3 is 2.59 bits per heavy atom. The molecule has 2 saturated heterocycles. The van der Waals surface area contributed by atoms with Gasteiger partial charge in [-0.25, -0.2) is 8.78 Å². The third kappa shape index (κ3) is 5.11. The Morgan fingerprint density at radius 1 is 1.05 bits per heavy atom. The van der Waals surface area contributed by atoms with Gasteiger partial charge in [-0.3, -0.25) is 4.98 Å². The van der Waals surface area contributed by atoms with Crippen molar-refractivity contribution in [2.75, 3.05) is 45.1 Å². The third-order valence-electron chi connectivity index (χ3n) is 9.76. The van der Waals surface area contributed by atoms with E-state index >= 15 is 8.78 Å². The van der Waals surface area contributed by atoms with Gasteiger partial charge in [0.15, 0.2) is 12.6 Å². The Balaban J connectivity index is 1.40. The molecule has 1 spiro atoms. The number of anilines is 1. The number of hydrogen-bond donors (Lipinski definition) is 0. The van der Waals surface area contributed by atoms with Crippen LogP contribution < -0.4 is 14.4 Å². The van der Waals surface area contributed by atoms with Crippen LogP contribution in [-0.2, 0) is 15.9 Å². The molecule has 8 nitrogen and oxygen atoms in total. The topological polar surface area (TPSA) is 78.8 Å². The van der Waals surface area contributed by atoms with Gasteiger partial charge in [0.2, 0.25) is 0 Å². The van der Waals surface area contributed by atoms with E-state index in [1.165, 1.54) is 13.2 Å². The molecule has 2 aliphatic heterocycles. The van der Waals surface area contributed by atoms with E-state index in [2.05, 4.69) is 21.8 Å².